The van der Waals surface area contributed by atoms with Gasteiger partial charge in [-0.1, -0.05) is 24.3 Å². The van der Waals surface area contributed by atoms with Crippen molar-refractivity contribution in [2.45, 2.75) is 19.8 Å². The van der Waals surface area contributed by atoms with E-state index in [1.54, 1.807) is 11.0 Å². The van der Waals surface area contributed by atoms with E-state index in [4.69, 9.17) is 0 Å². The standard InChI is InChI=1S/C16H20N2O2/c1-3-10-17(13(2)19)11-9-16(20)18-12-8-14-6-4-5-7-15(14)18/h3-7H,1,8-12H2,2H3. The minimum atomic E-state index is -0.0282. The maximum absolute atomic E-state index is 12.3. The van der Waals surface area contributed by atoms with E-state index in [1.807, 2.05) is 23.1 Å². The molecule has 0 saturated carbocycles. The molecule has 106 valence electrons. The SMILES string of the molecule is C=CCN(CCC(=O)N1CCc2ccccc21)C(C)=O. The molecule has 0 saturated heterocycles. The second-order valence-electron chi connectivity index (χ2n) is 4.93. The molecule has 0 aromatic heterocycles. The molecular weight excluding hydrogens is 252 g/mol. The van der Waals surface area contributed by atoms with Gasteiger partial charge in [0.15, 0.2) is 0 Å². The lowest BCUT2D eigenvalue weighted by Crippen LogP contribution is -2.35. The Labute approximate surface area is 119 Å². The lowest BCUT2D eigenvalue weighted by molar-refractivity contribution is -0.129. The molecule has 0 spiro atoms. The number of amides is 2. The van der Waals surface area contributed by atoms with E-state index in [0.717, 1.165) is 18.7 Å². The van der Waals surface area contributed by atoms with Crippen LogP contribution in [0.3, 0.4) is 0 Å². The van der Waals surface area contributed by atoms with Crippen LogP contribution in [0.2, 0.25) is 0 Å². The summed E-state index contributed by atoms with van der Waals surface area (Å²) in [4.78, 5) is 27.2. The van der Waals surface area contributed by atoms with E-state index >= 15 is 0 Å². The Morgan fingerprint density at radius 3 is 2.85 bits per heavy atom. The molecule has 0 atom stereocenters. The minimum absolute atomic E-state index is 0.0282. The van der Waals surface area contributed by atoms with Crippen molar-refractivity contribution in [3.63, 3.8) is 0 Å². The van der Waals surface area contributed by atoms with E-state index in [0.29, 0.717) is 19.5 Å². The molecule has 4 nitrogen and oxygen atoms in total. The van der Waals surface area contributed by atoms with E-state index in [1.165, 1.54) is 12.5 Å². The van der Waals surface area contributed by atoms with Gasteiger partial charge in [-0.05, 0) is 18.1 Å². The van der Waals surface area contributed by atoms with Crippen molar-refractivity contribution in [1.29, 1.82) is 0 Å². The van der Waals surface area contributed by atoms with Gasteiger partial charge in [-0.2, -0.15) is 0 Å². The number of para-hydroxylation sites is 1. The fraction of sp³-hybridized carbons (Fsp3) is 0.375. The first-order valence-corrected chi connectivity index (χ1v) is 6.88. The monoisotopic (exact) mass is 272 g/mol. The Hall–Kier alpha value is -2.10. The summed E-state index contributed by atoms with van der Waals surface area (Å²) in [5.41, 5.74) is 2.23. The number of anilines is 1. The Morgan fingerprint density at radius 1 is 1.40 bits per heavy atom. The van der Waals surface area contributed by atoms with Gasteiger partial charge in [-0.3, -0.25) is 9.59 Å². The number of hydrogen-bond acceptors (Lipinski definition) is 2. The molecule has 1 heterocycles. The van der Waals surface area contributed by atoms with Gasteiger partial charge in [0.2, 0.25) is 11.8 Å². The predicted molar refractivity (Wildman–Crippen MR) is 79.6 cm³/mol. The molecule has 2 rings (SSSR count). The zero-order chi connectivity index (χ0) is 14.5. The fourth-order valence-electron chi connectivity index (χ4n) is 2.50. The number of carbonyl (C=O) groups excluding carboxylic acids is 2. The lowest BCUT2D eigenvalue weighted by Gasteiger charge is -2.22. The topological polar surface area (TPSA) is 40.6 Å². The van der Waals surface area contributed by atoms with Crippen LogP contribution in [0.25, 0.3) is 0 Å². The van der Waals surface area contributed by atoms with Gasteiger partial charge in [0.25, 0.3) is 0 Å². The summed E-state index contributed by atoms with van der Waals surface area (Å²) in [6, 6.07) is 7.98. The summed E-state index contributed by atoms with van der Waals surface area (Å²) >= 11 is 0. The smallest absolute Gasteiger partial charge is 0.228 e. The van der Waals surface area contributed by atoms with Crippen molar-refractivity contribution in [3.05, 3.63) is 42.5 Å². The maximum atomic E-state index is 12.3. The highest BCUT2D eigenvalue weighted by molar-refractivity contribution is 5.95. The summed E-state index contributed by atoms with van der Waals surface area (Å²) < 4.78 is 0. The molecule has 0 bridgehead atoms. The number of hydrogen-bond donors (Lipinski definition) is 0. The van der Waals surface area contributed by atoms with Crippen molar-refractivity contribution in [2.24, 2.45) is 0 Å². The second kappa shape index (κ2) is 6.37. The van der Waals surface area contributed by atoms with Crippen LogP contribution in [-0.4, -0.2) is 36.3 Å². The molecule has 1 aliphatic heterocycles. The Kier molecular flexibility index (Phi) is 4.56. The van der Waals surface area contributed by atoms with E-state index in [-0.39, 0.29) is 11.8 Å². The van der Waals surface area contributed by atoms with Gasteiger partial charge in [-0.25, -0.2) is 0 Å². The van der Waals surface area contributed by atoms with Crippen LogP contribution in [0.4, 0.5) is 5.69 Å². The number of nitrogens with zero attached hydrogens (tertiary/aromatic N) is 2. The van der Waals surface area contributed by atoms with Crippen molar-refractivity contribution in [3.8, 4) is 0 Å². The molecule has 0 unspecified atom stereocenters. The molecule has 1 aliphatic rings. The van der Waals surface area contributed by atoms with Crippen LogP contribution in [0.1, 0.15) is 18.9 Å². The number of benzene rings is 1. The first-order chi connectivity index (χ1) is 9.63. The van der Waals surface area contributed by atoms with Gasteiger partial charge >= 0.3 is 0 Å². The molecule has 0 N–H and O–H groups in total. The number of rotatable bonds is 5. The van der Waals surface area contributed by atoms with E-state index < -0.39 is 0 Å². The average Bonchev–Trinajstić information content (AvgIpc) is 2.86. The largest absolute Gasteiger partial charge is 0.339 e. The normalized spacial score (nSPS) is 12.9. The predicted octanol–water partition coefficient (Wildman–Crippen LogP) is 2.00. The molecule has 0 radical (unpaired) electrons. The van der Waals surface area contributed by atoms with Crippen molar-refractivity contribution < 1.29 is 9.59 Å². The average molecular weight is 272 g/mol. The first-order valence-electron chi connectivity index (χ1n) is 6.88. The summed E-state index contributed by atoms with van der Waals surface area (Å²) in [6.07, 6.45) is 2.93. The Morgan fingerprint density at radius 2 is 2.15 bits per heavy atom. The first kappa shape index (κ1) is 14.3. The van der Waals surface area contributed by atoms with Gasteiger partial charge < -0.3 is 9.80 Å². The molecule has 4 heteroatoms. The van der Waals surface area contributed by atoms with Crippen LogP contribution in [-0.2, 0) is 16.0 Å². The van der Waals surface area contributed by atoms with Crippen LogP contribution in [0.15, 0.2) is 36.9 Å². The summed E-state index contributed by atoms with van der Waals surface area (Å²) in [5, 5.41) is 0. The van der Waals surface area contributed by atoms with Crippen LogP contribution >= 0.6 is 0 Å². The fourth-order valence-corrected chi connectivity index (χ4v) is 2.50. The van der Waals surface area contributed by atoms with Crippen molar-refractivity contribution in [2.75, 3.05) is 24.5 Å². The lowest BCUT2D eigenvalue weighted by atomic mass is 10.2. The quantitative estimate of drug-likeness (QED) is 0.769. The van der Waals surface area contributed by atoms with Gasteiger partial charge in [-0.15, -0.1) is 6.58 Å². The van der Waals surface area contributed by atoms with Crippen LogP contribution in [0, 0.1) is 0 Å². The molecule has 0 aliphatic carbocycles. The maximum Gasteiger partial charge on any atom is 0.228 e. The summed E-state index contributed by atoms with van der Waals surface area (Å²) in [7, 11) is 0. The Balaban J connectivity index is 1.96. The van der Waals surface area contributed by atoms with Gasteiger partial charge in [0.1, 0.15) is 0 Å². The highest BCUT2D eigenvalue weighted by atomic mass is 16.2. The van der Waals surface area contributed by atoms with Crippen molar-refractivity contribution >= 4 is 17.5 Å². The van der Waals surface area contributed by atoms with Gasteiger partial charge in [0.05, 0.1) is 0 Å². The van der Waals surface area contributed by atoms with Crippen molar-refractivity contribution in [1.82, 2.24) is 4.90 Å². The molecule has 1 aromatic rings. The third kappa shape index (κ3) is 3.07. The Bertz CT molecular complexity index is 525. The number of carbonyl (C=O) groups is 2. The number of fused-ring (bicyclic) bond motifs is 1. The molecule has 0 fully saturated rings. The van der Waals surface area contributed by atoms with E-state index in [9.17, 15) is 9.59 Å². The molecule has 1 aromatic carbocycles. The molecule has 20 heavy (non-hydrogen) atoms. The molecule has 2 amide bonds. The van der Waals surface area contributed by atoms with Gasteiger partial charge in [0, 0.05) is 38.7 Å². The zero-order valence-corrected chi connectivity index (χ0v) is 11.8. The second-order valence-corrected chi connectivity index (χ2v) is 4.93. The van der Waals surface area contributed by atoms with Crippen LogP contribution in [0.5, 0.6) is 0 Å². The highest BCUT2D eigenvalue weighted by Crippen LogP contribution is 2.27. The third-order valence-corrected chi connectivity index (χ3v) is 3.58. The summed E-state index contributed by atoms with van der Waals surface area (Å²) in [5.74, 6) is 0.0461. The van der Waals surface area contributed by atoms with E-state index in [2.05, 4.69) is 12.6 Å². The highest BCUT2D eigenvalue weighted by Gasteiger charge is 2.24. The molecular formula is C16H20N2O2. The van der Waals surface area contributed by atoms with Crippen LogP contribution < -0.4 is 4.90 Å². The zero-order valence-electron chi connectivity index (χ0n) is 11.8. The summed E-state index contributed by atoms with van der Waals surface area (Å²) in [6.45, 7) is 6.81. The minimum Gasteiger partial charge on any atom is -0.339 e. The third-order valence-electron chi connectivity index (χ3n) is 3.58.